The number of ether oxygens (including phenoxy) is 2. The number of nitrogens with one attached hydrogen (secondary N) is 1. The maximum atomic E-state index is 12.0. The van der Waals surface area contributed by atoms with Gasteiger partial charge in [0.25, 0.3) is 0 Å². The van der Waals surface area contributed by atoms with Crippen molar-refractivity contribution in [2.75, 3.05) is 19.7 Å². The van der Waals surface area contributed by atoms with E-state index in [9.17, 15) is 4.79 Å². The van der Waals surface area contributed by atoms with Crippen LogP contribution >= 0.6 is 0 Å². The fourth-order valence-corrected chi connectivity index (χ4v) is 2.66. The van der Waals surface area contributed by atoms with Crippen molar-refractivity contribution in [1.82, 2.24) is 10.3 Å². The smallest absolute Gasteiger partial charge is 0.410 e. The minimum Gasteiger partial charge on any atom is -0.496 e. The number of hydrazine groups is 1. The molecule has 2 atom stereocenters. The Morgan fingerprint density at radius 2 is 2.35 bits per heavy atom. The summed E-state index contributed by atoms with van der Waals surface area (Å²) in [6, 6.07) is -0.0232. The van der Waals surface area contributed by atoms with Gasteiger partial charge in [0.05, 0.1) is 12.6 Å². The molecule has 0 spiro atoms. The Morgan fingerprint density at radius 3 is 2.90 bits per heavy atom. The van der Waals surface area contributed by atoms with Crippen LogP contribution in [0.4, 0.5) is 4.79 Å². The molecule has 0 radical (unpaired) electrons. The standard InChI is InChI=1S/C14H25N3O3/c1-14(2,3)20-13(18)17-7-6-10(9-17)12(16-15)11-5-4-8-19-11/h5,10,12,16H,4,6-9,15H2,1-3H3. The molecule has 3 N–H and O–H groups in total. The molecule has 2 heterocycles. The molecule has 1 amide bonds. The van der Waals surface area contributed by atoms with Crippen LogP contribution in [0.3, 0.4) is 0 Å². The van der Waals surface area contributed by atoms with Crippen LogP contribution in [0, 0.1) is 5.92 Å². The molecule has 2 unspecified atom stereocenters. The van der Waals surface area contributed by atoms with Crippen LogP contribution < -0.4 is 11.3 Å². The van der Waals surface area contributed by atoms with Gasteiger partial charge < -0.3 is 14.4 Å². The molecule has 0 saturated carbocycles. The number of hydrogen-bond acceptors (Lipinski definition) is 5. The number of carbonyl (C=O) groups excluding carboxylic acids is 1. The van der Waals surface area contributed by atoms with E-state index in [1.807, 2.05) is 20.8 Å². The van der Waals surface area contributed by atoms with Crippen molar-refractivity contribution >= 4 is 6.09 Å². The van der Waals surface area contributed by atoms with E-state index in [1.165, 1.54) is 0 Å². The molecular weight excluding hydrogens is 258 g/mol. The van der Waals surface area contributed by atoms with E-state index in [2.05, 4.69) is 11.5 Å². The topological polar surface area (TPSA) is 76.8 Å². The number of hydrogen-bond donors (Lipinski definition) is 2. The van der Waals surface area contributed by atoms with Crippen LogP contribution in [-0.4, -0.2) is 42.3 Å². The molecule has 6 nitrogen and oxygen atoms in total. The number of carbonyl (C=O) groups is 1. The average molecular weight is 283 g/mol. The maximum Gasteiger partial charge on any atom is 0.410 e. The fraction of sp³-hybridized carbons (Fsp3) is 0.786. The van der Waals surface area contributed by atoms with E-state index < -0.39 is 5.60 Å². The molecule has 0 aromatic rings. The van der Waals surface area contributed by atoms with Crippen molar-refractivity contribution in [2.45, 2.75) is 45.3 Å². The zero-order valence-electron chi connectivity index (χ0n) is 12.5. The first-order valence-electron chi connectivity index (χ1n) is 7.17. The second kappa shape index (κ2) is 6.01. The fourth-order valence-electron chi connectivity index (χ4n) is 2.66. The summed E-state index contributed by atoms with van der Waals surface area (Å²) < 4.78 is 11.0. The maximum absolute atomic E-state index is 12.0. The summed E-state index contributed by atoms with van der Waals surface area (Å²) in [5.41, 5.74) is 2.36. The molecule has 0 aromatic heterocycles. The van der Waals surface area contributed by atoms with Crippen molar-refractivity contribution in [3.8, 4) is 0 Å². The Morgan fingerprint density at radius 1 is 1.60 bits per heavy atom. The third-order valence-corrected chi connectivity index (χ3v) is 3.57. The zero-order chi connectivity index (χ0) is 14.8. The molecule has 20 heavy (non-hydrogen) atoms. The van der Waals surface area contributed by atoms with Gasteiger partial charge in [-0.05, 0) is 33.3 Å². The first kappa shape index (κ1) is 15.1. The Hall–Kier alpha value is -1.27. The van der Waals surface area contributed by atoms with E-state index in [1.54, 1.807) is 4.90 Å². The molecule has 2 aliphatic rings. The lowest BCUT2D eigenvalue weighted by Crippen LogP contribution is -2.44. The van der Waals surface area contributed by atoms with Gasteiger partial charge in [-0.2, -0.15) is 0 Å². The van der Waals surface area contributed by atoms with Crippen molar-refractivity contribution in [1.29, 1.82) is 0 Å². The average Bonchev–Trinajstić information content (AvgIpc) is 2.98. The predicted molar refractivity (Wildman–Crippen MR) is 75.7 cm³/mol. The van der Waals surface area contributed by atoms with Crippen molar-refractivity contribution in [3.63, 3.8) is 0 Å². The highest BCUT2D eigenvalue weighted by molar-refractivity contribution is 5.68. The number of nitrogens with zero attached hydrogens (tertiary/aromatic N) is 1. The highest BCUT2D eigenvalue weighted by Gasteiger charge is 2.36. The molecule has 2 aliphatic heterocycles. The van der Waals surface area contributed by atoms with Crippen LogP contribution in [0.2, 0.25) is 0 Å². The molecule has 1 fully saturated rings. The Balaban J connectivity index is 1.92. The molecule has 6 heteroatoms. The molecule has 0 aromatic carbocycles. The predicted octanol–water partition coefficient (Wildman–Crippen LogP) is 1.38. The number of nitrogens with two attached hydrogens (primary N) is 1. The Bertz CT molecular complexity index is 390. The largest absolute Gasteiger partial charge is 0.496 e. The summed E-state index contributed by atoms with van der Waals surface area (Å²) in [5, 5.41) is 0. The minimum absolute atomic E-state index is 0.0232. The van der Waals surface area contributed by atoms with Gasteiger partial charge >= 0.3 is 6.09 Å². The van der Waals surface area contributed by atoms with Gasteiger partial charge in [0.2, 0.25) is 0 Å². The Labute approximate surface area is 120 Å². The highest BCUT2D eigenvalue weighted by Crippen LogP contribution is 2.27. The SMILES string of the molecule is CC(C)(C)OC(=O)N1CCC(C(NN)C2=CCCO2)C1. The number of likely N-dealkylation sites (tertiary alicyclic amines) is 1. The van der Waals surface area contributed by atoms with Crippen molar-refractivity contribution in [2.24, 2.45) is 11.8 Å². The lowest BCUT2D eigenvalue weighted by atomic mass is 9.97. The minimum atomic E-state index is -0.461. The molecule has 0 aliphatic carbocycles. The molecule has 0 bridgehead atoms. The third-order valence-electron chi connectivity index (χ3n) is 3.57. The summed E-state index contributed by atoms with van der Waals surface area (Å²) in [6.07, 6.45) is 3.64. The summed E-state index contributed by atoms with van der Waals surface area (Å²) in [7, 11) is 0. The van der Waals surface area contributed by atoms with Crippen molar-refractivity contribution < 1.29 is 14.3 Å². The van der Waals surface area contributed by atoms with E-state index in [-0.39, 0.29) is 18.1 Å². The van der Waals surface area contributed by atoms with Gasteiger partial charge in [-0.1, -0.05) is 0 Å². The summed E-state index contributed by atoms with van der Waals surface area (Å²) >= 11 is 0. The second-order valence-corrected chi connectivity index (χ2v) is 6.36. The van der Waals surface area contributed by atoms with E-state index in [0.717, 1.165) is 25.2 Å². The van der Waals surface area contributed by atoms with Crippen LogP contribution in [0.5, 0.6) is 0 Å². The third kappa shape index (κ3) is 3.64. The summed E-state index contributed by atoms with van der Waals surface area (Å²) in [4.78, 5) is 13.8. The van der Waals surface area contributed by atoms with E-state index in [4.69, 9.17) is 15.3 Å². The first-order valence-corrected chi connectivity index (χ1v) is 7.17. The summed E-state index contributed by atoms with van der Waals surface area (Å²) in [5.74, 6) is 6.82. The monoisotopic (exact) mass is 283 g/mol. The lowest BCUT2D eigenvalue weighted by molar-refractivity contribution is 0.0284. The van der Waals surface area contributed by atoms with Gasteiger partial charge in [-0.15, -0.1) is 0 Å². The molecule has 114 valence electrons. The second-order valence-electron chi connectivity index (χ2n) is 6.36. The van der Waals surface area contributed by atoms with E-state index >= 15 is 0 Å². The van der Waals surface area contributed by atoms with Crippen LogP contribution in [0.15, 0.2) is 11.8 Å². The zero-order valence-corrected chi connectivity index (χ0v) is 12.5. The molecular formula is C14H25N3O3. The van der Waals surface area contributed by atoms with Crippen LogP contribution in [0.25, 0.3) is 0 Å². The normalized spacial score (nSPS) is 24.3. The van der Waals surface area contributed by atoms with Gasteiger partial charge in [0.1, 0.15) is 11.4 Å². The van der Waals surface area contributed by atoms with Gasteiger partial charge in [-0.3, -0.25) is 5.84 Å². The number of amides is 1. The first-order chi connectivity index (χ1) is 9.40. The van der Waals surface area contributed by atoms with Gasteiger partial charge in [0, 0.05) is 25.4 Å². The quantitative estimate of drug-likeness (QED) is 0.604. The highest BCUT2D eigenvalue weighted by atomic mass is 16.6. The van der Waals surface area contributed by atoms with Crippen LogP contribution in [-0.2, 0) is 9.47 Å². The Kier molecular flexibility index (Phi) is 4.55. The van der Waals surface area contributed by atoms with Gasteiger partial charge in [0.15, 0.2) is 0 Å². The molecule has 1 saturated heterocycles. The van der Waals surface area contributed by atoms with Crippen LogP contribution in [0.1, 0.15) is 33.6 Å². The summed E-state index contributed by atoms with van der Waals surface area (Å²) in [6.45, 7) is 7.69. The number of rotatable bonds is 3. The molecule has 2 rings (SSSR count). The lowest BCUT2D eigenvalue weighted by Gasteiger charge is -2.26. The van der Waals surface area contributed by atoms with Crippen molar-refractivity contribution in [3.05, 3.63) is 11.8 Å². The van der Waals surface area contributed by atoms with E-state index in [0.29, 0.717) is 13.1 Å². The van der Waals surface area contributed by atoms with Gasteiger partial charge in [-0.25, -0.2) is 10.2 Å².